The van der Waals surface area contributed by atoms with Gasteiger partial charge in [-0.15, -0.1) is 16.4 Å². The summed E-state index contributed by atoms with van der Waals surface area (Å²) in [5.74, 6) is 1.50. The summed E-state index contributed by atoms with van der Waals surface area (Å²) in [4.78, 5) is 20.9. The van der Waals surface area contributed by atoms with E-state index in [1.807, 2.05) is 24.3 Å². The molecule has 8 nitrogen and oxygen atoms in total. The maximum atomic E-state index is 12.3. The van der Waals surface area contributed by atoms with Crippen molar-refractivity contribution in [3.05, 3.63) is 46.7 Å². The van der Waals surface area contributed by atoms with E-state index in [1.54, 1.807) is 12.5 Å². The quantitative estimate of drug-likeness (QED) is 0.552. The molecule has 0 aliphatic heterocycles. The normalized spacial score (nSPS) is 13.4. The Bertz CT molecular complexity index is 916. The number of anilines is 2. The SMILES string of the molecule is COc1ccc(CCc2nc(NC(=O)c3csc(NC4CC4)n3)n[nH]2)cc1. The van der Waals surface area contributed by atoms with Crippen molar-refractivity contribution in [2.75, 3.05) is 17.7 Å². The van der Waals surface area contributed by atoms with E-state index in [9.17, 15) is 4.79 Å². The zero-order chi connectivity index (χ0) is 18.6. The molecule has 9 heteroatoms. The van der Waals surface area contributed by atoms with E-state index in [2.05, 4.69) is 30.8 Å². The van der Waals surface area contributed by atoms with Gasteiger partial charge in [-0.25, -0.2) is 4.98 Å². The molecule has 140 valence electrons. The Morgan fingerprint density at radius 3 is 2.81 bits per heavy atom. The lowest BCUT2D eigenvalue weighted by Gasteiger charge is -2.02. The van der Waals surface area contributed by atoms with Crippen LogP contribution in [-0.2, 0) is 12.8 Å². The Morgan fingerprint density at radius 1 is 1.26 bits per heavy atom. The first-order chi connectivity index (χ1) is 13.2. The number of amides is 1. The highest BCUT2D eigenvalue weighted by Crippen LogP contribution is 2.26. The smallest absolute Gasteiger partial charge is 0.277 e. The van der Waals surface area contributed by atoms with Gasteiger partial charge in [-0.2, -0.15) is 4.98 Å². The number of hydrogen-bond donors (Lipinski definition) is 3. The van der Waals surface area contributed by atoms with Crippen LogP contribution in [0.2, 0.25) is 0 Å². The third-order valence-electron chi connectivity index (χ3n) is 4.21. The van der Waals surface area contributed by atoms with E-state index >= 15 is 0 Å². The summed E-state index contributed by atoms with van der Waals surface area (Å²) in [7, 11) is 1.65. The predicted molar refractivity (Wildman–Crippen MR) is 103 cm³/mol. The molecular weight excluding hydrogens is 364 g/mol. The number of H-pyrrole nitrogens is 1. The van der Waals surface area contributed by atoms with E-state index in [4.69, 9.17) is 4.74 Å². The molecule has 1 amide bonds. The van der Waals surface area contributed by atoms with Gasteiger partial charge in [0, 0.05) is 17.8 Å². The third-order valence-corrected chi connectivity index (χ3v) is 4.98. The fourth-order valence-electron chi connectivity index (χ4n) is 2.53. The minimum absolute atomic E-state index is 0.259. The van der Waals surface area contributed by atoms with Crippen LogP contribution < -0.4 is 15.4 Å². The van der Waals surface area contributed by atoms with Crippen LogP contribution in [0.25, 0.3) is 0 Å². The second-order valence-corrected chi connectivity index (χ2v) is 7.22. The molecule has 0 atom stereocenters. The minimum atomic E-state index is -0.309. The average Bonchev–Trinajstić information content (AvgIpc) is 3.18. The van der Waals surface area contributed by atoms with E-state index in [0.717, 1.165) is 36.0 Å². The van der Waals surface area contributed by atoms with Gasteiger partial charge >= 0.3 is 0 Å². The van der Waals surface area contributed by atoms with Gasteiger partial charge in [0.2, 0.25) is 5.95 Å². The maximum absolute atomic E-state index is 12.3. The van der Waals surface area contributed by atoms with Gasteiger partial charge in [0.25, 0.3) is 5.91 Å². The Balaban J connectivity index is 1.30. The summed E-state index contributed by atoms with van der Waals surface area (Å²) in [5.41, 5.74) is 1.55. The van der Waals surface area contributed by atoms with Gasteiger partial charge in [-0.1, -0.05) is 12.1 Å². The third kappa shape index (κ3) is 4.62. The van der Waals surface area contributed by atoms with Gasteiger partial charge in [0.15, 0.2) is 5.13 Å². The number of methoxy groups -OCH3 is 1. The number of aromatic nitrogens is 4. The van der Waals surface area contributed by atoms with Crippen LogP contribution in [0.5, 0.6) is 5.75 Å². The maximum Gasteiger partial charge on any atom is 0.277 e. The monoisotopic (exact) mass is 384 g/mol. The van der Waals surface area contributed by atoms with Crippen LogP contribution in [0.4, 0.5) is 11.1 Å². The zero-order valence-electron chi connectivity index (χ0n) is 14.9. The van der Waals surface area contributed by atoms with Crippen molar-refractivity contribution in [1.29, 1.82) is 0 Å². The molecule has 3 aromatic rings. The molecule has 0 unspecified atom stereocenters. The molecule has 0 spiro atoms. The lowest BCUT2D eigenvalue weighted by molar-refractivity contribution is 0.102. The number of rotatable bonds is 8. The minimum Gasteiger partial charge on any atom is -0.497 e. The van der Waals surface area contributed by atoms with Crippen molar-refractivity contribution in [3.63, 3.8) is 0 Å². The number of carbonyl (C=O) groups excluding carboxylic acids is 1. The number of aryl methyl sites for hydroxylation is 2. The van der Waals surface area contributed by atoms with Crippen LogP contribution in [-0.4, -0.2) is 39.2 Å². The highest BCUT2D eigenvalue weighted by molar-refractivity contribution is 7.13. The zero-order valence-corrected chi connectivity index (χ0v) is 15.7. The van der Waals surface area contributed by atoms with Crippen molar-refractivity contribution in [1.82, 2.24) is 20.2 Å². The number of thiazole rings is 1. The van der Waals surface area contributed by atoms with Crippen molar-refractivity contribution < 1.29 is 9.53 Å². The first-order valence-corrected chi connectivity index (χ1v) is 9.65. The van der Waals surface area contributed by atoms with Crippen molar-refractivity contribution in [2.24, 2.45) is 0 Å². The number of hydrogen-bond acceptors (Lipinski definition) is 7. The molecule has 27 heavy (non-hydrogen) atoms. The summed E-state index contributed by atoms with van der Waals surface area (Å²) in [5, 5.41) is 15.4. The molecule has 1 fully saturated rings. The van der Waals surface area contributed by atoms with Crippen molar-refractivity contribution in [2.45, 2.75) is 31.7 Å². The fourth-order valence-corrected chi connectivity index (χ4v) is 3.30. The molecule has 1 aromatic carbocycles. The number of aromatic amines is 1. The first-order valence-electron chi connectivity index (χ1n) is 8.77. The number of nitrogens with one attached hydrogen (secondary N) is 3. The average molecular weight is 384 g/mol. The Hall–Kier alpha value is -2.94. The first kappa shape index (κ1) is 17.5. The van der Waals surface area contributed by atoms with Crippen LogP contribution in [0.15, 0.2) is 29.6 Å². The number of ether oxygens (including phenoxy) is 1. The summed E-state index contributed by atoms with van der Waals surface area (Å²) in [6.45, 7) is 0. The topological polar surface area (TPSA) is 105 Å². The number of nitrogens with zero attached hydrogens (tertiary/aromatic N) is 3. The molecule has 4 rings (SSSR count). The highest BCUT2D eigenvalue weighted by atomic mass is 32.1. The second-order valence-electron chi connectivity index (χ2n) is 6.36. The lowest BCUT2D eigenvalue weighted by Crippen LogP contribution is -2.13. The second kappa shape index (κ2) is 7.75. The molecule has 3 N–H and O–H groups in total. The summed E-state index contributed by atoms with van der Waals surface area (Å²) >= 11 is 1.43. The van der Waals surface area contributed by atoms with Crippen LogP contribution >= 0.6 is 11.3 Å². The lowest BCUT2D eigenvalue weighted by atomic mass is 10.1. The number of benzene rings is 1. The Kier molecular flexibility index (Phi) is 5.01. The van der Waals surface area contributed by atoms with Gasteiger partial charge in [0.05, 0.1) is 7.11 Å². The molecule has 2 aromatic heterocycles. The molecule has 0 radical (unpaired) electrons. The van der Waals surface area contributed by atoms with E-state index in [1.165, 1.54) is 16.9 Å². The van der Waals surface area contributed by atoms with E-state index in [0.29, 0.717) is 18.2 Å². The van der Waals surface area contributed by atoms with Crippen LogP contribution in [0, 0.1) is 0 Å². The van der Waals surface area contributed by atoms with Crippen molar-refractivity contribution in [3.8, 4) is 5.75 Å². The van der Waals surface area contributed by atoms with E-state index < -0.39 is 0 Å². The summed E-state index contributed by atoms with van der Waals surface area (Å²) < 4.78 is 5.16. The molecule has 2 heterocycles. The molecule has 0 saturated heterocycles. The Morgan fingerprint density at radius 2 is 2.07 bits per heavy atom. The van der Waals surface area contributed by atoms with Crippen molar-refractivity contribution >= 4 is 28.3 Å². The van der Waals surface area contributed by atoms with Crippen LogP contribution in [0.1, 0.15) is 34.7 Å². The molecule has 1 saturated carbocycles. The molecule has 1 aliphatic rings. The standard InChI is InChI=1S/C18H20N6O2S/c1-26-13-7-2-11(3-8-13)4-9-15-21-17(24-23-15)22-16(25)14-10-27-18(20-14)19-12-5-6-12/h2-3,7-8,10,12H,4-6,9H2,1H3,(H,19,20)(H2,21,22,23,24,25). The fraction of sp³-hybridized carbons (Fsp3) is 0.333. The van der Waals surface area contributed by atoms with Gasteiger partial charge in [-0.05, 0) is 37.0 Å². The molecule has 0 bridgehead atoms. The van der Waals surface area contributed by atoms with E-state index in [-0.39, 0.29) is 11.9 Å². The molecule has 1 aliphatic carbocycles. The van der Waals surface area contributed by atoms with Gasteiger partial charge in [-0.3, -0.25) is 15.2 Å². The summed E-state index contributed by atoms with van der Waals surface area (Å²) in [6.07, 6.45) is 3.84. The van der Waals surface area contributed by atoms with Gasteiger partial charge in [0.1, 0.15) is 17.3 Å². The largest absolute Gasteiger partial charge is 0.497 e. The van der Waals surface area contributed by atoms with Crippen LogP contribution in [0.3, 0.4) is 0 Å². The number of carbonyl (C=O) groups is 1. The summed E-state index contributed by atoms with van der Waals surface area (Å²) in [6, 6.07) is 8.41. The van der Waals surface area contributed by atoms with Gasteiger partial charge < -0.3 is 10.1 Å². The Labute approximate surface area is 160 Å². The highest BCUT2D eigenvalue weighted by Gasteiger charge is 2.22. The predicted octanol–water partition coefficient (Wildman–Crippen LogP) is 2.88. The molecular formula is C18H20N6O2S.